The quantitative estimate of drug-likeness (QED) is 0.0948. The van der Waals surface area contributed by atoms with E-state index in [-0.39, 0.29) is 27.7 Å². The molecule has 0 spiro atoms. The molecule has 18 heteroatoms. The van der Waals surface area contributed by atoms with Crippen LogP contribution in [0.2, 0.25) is 0 Å². The fraction of sp³-hybridized carbons (Fsp3) is 0.370. The number of nitrogens with one attached hydrogen (secondary N) is 1. The number of hydrogen-bond donors (Lipinski definition) is 1. The molecule has 2 aromatic carbocycles. The van der Waals surface area contributed by atoms with Crippen LogP contribution in [0.1, 0.15) is 38.4 Å². The molecule has 3 rings (SSSR count). The number of alkyl halides is 3. The van der Waals surface area contributed by atoms with E-state index in [4.69, 9.17) is 14.3 Å². The number of esters is 1. The smallest absolute Gasteiger partial charge is 0.435 e. The number of sulfonamides is 1. The Bertz CT molecular complexity index is 1630. The third kappa shape index (κ3) is 9.31. The molecule has 1 unspecified atom stereocenters. The van der Waals surface area contributed by atoms with Crippen molar-refractivity contribution in [2.24, 2.45) is 5.28 Å². The zero-order valence-electron chi connectivity index (χ0n) is 24.8. The molecule has 0 saturated carbocycles. The lowest BCUT2D eigenvalue weighted by molar-refractivity contribution is -0.714. The molecule has 1 amide bonds. The molecule has 2 atom stereocenters. The van der Waals surface area contributed by atoms with Crippen molar-refractivity contribution in [1.82, 2.24) is 19.5 Å². The monoisotopic (exact) mass is 656 g/mol. The van der Waals surface area contributed by atoms with Crippen LogP contribution in [-0.2, 0) is 35.3 Å². The summed E-state index contributed by atoms with van der Waals surface area (Å²) in [5, 5.41) is 20.0. The lowest BCUT2D eigenvalue weighted by Crippen LogP contribution is -2.40. The van der Waals surface area contributed by atoms with Crippen LogP contribution < -0.4 is 4.72 Å². The van der Waals surface area contributed by atoms with Gasteiger partial charge in [0.2, 0.25) is 5.28 Å². The Hall–Kier alpha value is -4.87. The van der Waals surface area contributed by atoms with E-state index in [0.29, 0.717) is 5.56 Å². The van der Waals surface area contributed by atoms with Crippen LogP contribution in [-0.4, -0.2) is 66.2 Å². The molecular formula is C27H31F3N6O8S. The van der Waals surface area contributed by atoms with Crippen LogP contribution >= 0.6 is 0 Å². The molecule has 244 valence electrons. The van der Waals surface area contributed by atoms with Gasteiger partial charge in [-0.25, -0.2) is 22.6 Å². The van der Waals surface area contributed by atoms with Gasteiger partial charge >= 0.3 is 18.2 Å². The first-order valence-corrected chi connectivity index (χ1v) is 14.8. The second-order valence-corrected chi connectivity index (χ2v) is 11.3. The summed E-state index contributed by atoms with van der Waals surface area (Å²) in [5.41, 5.74) is 0.488. The van der Waals surface area contributed by atoms with Gasteiger partial charge in [0, 0.05) is 18.9 Å². The minimum absolute atomic E-state index is 0.0159. The Morgan fingerprint density at radius 1 is 1.13 bits per heavy atom. The van der Waals surface area contributed by atoms with Crippen molar-refractivity contribution in [2.75, 3.05) is 13.7 Å². The van der Waals surface area contributed by atoms with E-state index >= 15 is 0 Å². The van der Waals surface area contributed by atoms with Gasteiger partial charge in [0.25, 0.3) is 16.3 Å². The standard InChI is InChI=1S/C27H31F3N6O8S/c1-6-25(37)43-19(4)44-33-36(39)34(5)18(3)16-42-26(38)32-45(40,41)22-13-11-21(12-14-22)35-23(15-24(31-35)27(28,29)30)20-9-7-17(2)8-10-20/h7-15,18-19H,6,16H2,1-5H3,(H,32,38)/b36-33-/t18-,19?/m0/s1. The van der Waals surface area contributed by atoms with Crippen molar-refractivity contribution in [3.05, 3.63) is 71.1 Å². The molecule has 3 aromatic rings. The highest BCUT2D eigenvalue weighted by Gasteiger charge is 2.35. The van der Waals surface area contributed by atoms with Gasteiger partial charge in [-0.05, 0) is 44.2 Å². The Morgan fingerprint density at radius 3 is 2.33 bits per heavy atom. The average Bonchev–Trinajstić information content (AvgIpc) is 3.45. The van der Waals surface area contributed by atoms with Crippen LogP contribution in [0.3, 0.4) is 0 Å². The molecular weight excluding hydrogens is 625 g/mol. The summed E-state index contributed by atoms with van der Waals surface area (Å²) < 4.78 is 78.4. The number of hydrazine groups is 1. The van der Waals surface area contributed by atoms with Gasteiger partial charge in [0.15, 0.2) is 5.69 Å². The number of hydrogen-bond acceptors (Lipinski definition) is 10. The zero-order valence-corrected chi connectivity index (χ0v) is 25.6. The van der Waals surface area contributed by atoms with Gasteiger partial charge in [0.05, 0.1) is 28.3 Å². The predicted octanol–water partition coefficient (Wildman–Crippen LogP) is 4.71. The largest absolute Gasteiger partial charge is 0.569 e. The van der Waals surface area contributed by atoms with E-state index in [9.17, 15) is 36.4 Å². The molecule has 14 nitrogen and oxygen atoms in total. The van der Waals surface area contributed by atoms with Crippen molar-refractivity contribution in [3.8, 4) is 16.9 Å². The maximum atomic E-state index is 13.5. The average molecular weight is 657 g/mol. The molecule has 0 aliphatic rings. The number of nitrogens with zero attached hydrogens (tertiary/aromatic N) is 5. The Kier molecular flexibility index (Phi) is 11.0. The molecule has 0 fully saturated rings. The van der Waals surface area contributed by atoms with Gasteiger partial charge in [0.1, 0.15) is 12.6 Å². The van der Waals surface area contributed by atoms with Crippen molar-refractivity contribution in [3.63, 3.8) is 0 Å². The highest BCUT2D eigenvalue weighted by Crippen LogP contribution is 2.33. The van der Waals surface area contributed by atoms with Gasteiger partial charge in [-0.2, -0.15) is 18.3 Å². The molecule has 1 aromatic heterocycles. The van der Waals surface area contributed by atoms with Crippen LogP contribution in [0, 0.1) is 12.1 Å². The summed E-state index contributed by atoms with van der Waals surface area (Å²) in [7, 11) is -3.17. The predicted molar refractivity (Wildman–Crippen MR) is 151 cm³/mol. The number of benzene rings is 2. The van der Waals surface area contributed by atoms with Gasteiger partial charge < -0.3 is 14.7 Å². The normalized spacial score (nSPS) is 13.5. The third-order valence-corrected chi connectivity index (χ3v) is 7.50. The summed E-state index contributed by atoms with van der Waals surface area (Å²) >= 11 is 0. The minimum Gasteiger partial charge on any atom is -0.569 e. The van der Waals surface area contributed by atoms with Gasteiger partial charge in [-0.1, -0.05) is 36.8 Å². The molecule has 0 bridgehead atoms. The molecule has 0 aliphatic carbocycles. The van der Waals surface area contributed by atoms with Crippen molar-refractivity contribution in [1.29, 1.82) is 0 Å². The van der Waals surface area contributed by atoms with Gasteiger partial charge in [-0.15, -0.1) is 5.01 Å². The number of halogens is 3. The molecule has 1 N–H and O–H groups in total. The minimum atomic E-state index is -4.72. The maximum absolute atomic E-state index is 13.5. The number of carbonyl (C=O) groups is 2. The topological polar surface area (TPSA) is 167 Å². The van der Waals surface area contributed by atoms with E-state index in [1.165, 1.54) is 33.0 Å². The molecule has 45 heavy (non-hydrogen) atoms. The molecule has 0 aliphatic heterocycles. The van der Waals surface area contributed by atoms with Crippen LogP contribution in [0.4, 0.5) is 18.0 Å². The fourth-order valence-electron chi connectivity index (χ4n) is 3.54. The molecule has 0 radical (unpaired) electrons. The van der Waals surface area contributed by atoms with E-state index in [2.05, 4.69) is 10.4 Å². The zero-order chi connectivity index (χ0) is 33.5. The summed E-state index contributed by atoms with van der Waals surface area (Å²) in [4.78, 5) is 27.9. The first-order chi connectivity index (χ1) is 21.0. The van der Waals surface area contributed by atoms with Crippen molar-refractivity contribution in [2.45, 2.75) is 57.5 Å². The third-order valence-electron chi connectivity index (χ3n) is 6.17. The van der Waals surface area contributed by atoms with Crippen LogP contribution in [0.15, 0.2) is 64.8 Å². The maximum Gasteiger partial charge on any atom is 0.435 e. The van der Waals surface area contributed by atoms with Gasteiger partial charge in [-0.3, -0.25) is 9.63 Å². The first-order valence-electron chi connectivity index (χ1n) is 13.3. The summed E-state index contributed by atoms with van der Waals surface area (Å²) in [5.74, 6) is -0.563. The Labute approximate surface area is 256 Å². The van der Waals surface area contributed by atoms with Crippen molar-refractivity contribution < 1.29 is 50.5 Å². The molecule has 1 heterocycles. The summed E-state index contributed by atoms with van der Waals surface area (Å²) in [6.45, 7) is 5.76. The number of carbonyl (C=O) groups excluding carboxylic acids is 2. The van der Waals surface area contributed by atoms with Crippen molar-refractivity contribution >= 4 is 22.1 Å². The van der Waals surface area contributed by atoms with E-state index < -0.39 is 52.9 Å². The first kappa shape index (κ1) is 34.6. The van der Waals surface area contributed by atoms with E-state index in [1.807, 2.05) is 6.92 Å². The number of aryl methyl sites for hydroxylation is 1. The lowest BCUT2D eigenvalue weighted by Gasteiger charge is -2.20. The number of aromatic nitrogens is 2. The number of likely N-dealkylation sites (N-methyl/N-ethyl adjacent to an activating group) is 1. The Morgan fingerprint density at radius 2 is 1.76 bits per heavy atom. The fourth-order valence-corrected chi connectivity index (χ4v) is 4.43. The number of rotatable bonds is 12. The molecule has 0 saturated heterocycles. The SMILES string of the molecule is CCC(=O)OC(C)O/N=[N+](\[O-])N(C)[C@@H](C)COC(=O)NS(=O)(=O)c1ccc(-n2nc(C(F)(F)F)cc2-c2ccc(C)cc2)cc1. The van der Waals surface area contributed by atoms with E-state index in [1.54, 1.807) is 35.9 Å². The van der Waals surface area contributed by atoms with E-state index in [0.717, 1.165) is 33.5 Å². The second-order valence-electron chi connectivity index (χ2n) is 9.66. The second kappa shape index (κ2) is 14.3. The van der Waals surface area contributed by atoms with Crippen LogP contribution in [0.5, 0.6) is 0 Å². The number of amides is 1. The summed E-state index contributed by atoms with van der Waals surface area (Å²) in [6, 6.07) is 11.5. The lowest BCUT2D eigenvalue weighted by atomic mass is 10.1. The van der Waals surface area contributed by atoms with Crippen LogP contribution in [0.25, 0.3) is 16.9 Å². The number of ether oxygens (including phenoxy) is 2. The Balaban J connectivity index is 1.66. The summed E-state index contributed by atoms with van der Waals surface area (Å²) in [6.07, 6.45) is -7.11. The highest BCUT2D eigenvalue weighted by atomic mass is 32.2. The highest BCUT2D eigenvalue weighted by molar-refractivity contribution is 7.90.